The van der Waals surface area contributed by atoms with Crippen LogP contribution in [0.5, 0.6) is 0 Å². The van der Waals surface area contributed by atoms with E-state index in [-0.39, 0.29) is 6.10 Å². The average Bonchev–Trinajstić information content (AvgIpc) is 2.75. The smallest absolute Gasteiger partial charge is 0.140 e. The zero-order valence-electron chi connectivity index (χ0n) is 9.81. The first-order chi connectivity index (χ1) is 8.62. The SMILES string of the molecule is C[C@@H]1O[C@@]1(Cn1ccnc1)c1ccc(F)cc1F. The molecule has 0 bridgehead atoms. The molecule has 2 atom stereocenters. The minimum atomic E-state index is -0.710. The average molecular weight is 250 g/mol. The third-order valence-electron chi connectivity index (χ3n) is 3.35. The first-order valence-corrected chi connectivity index (χ1v) is 5.71. The van der Waals surface area contributed by atoms with E-state index in [1.165, 1.54) is 12.1 Å². The molecule has 1 aliphatic rings. The van der Waals surface area contributed by atoms with Gasteiger partial charge >= 0.3 is 0 Å². The van der Waals surface area contributed by atoms with Gasteiger partial charge in [-0.1, -0.05) is 6.07 Å². The Balaban J connectivity index is 1.97. The fraction of sp³-hybridized carbons (Fsp3) is 0.308. The Morgan fingerprint density at radius 1 is 1.44 bits per heavy atom. The van der Waals surface area contributed by atoms with E-state index in [0.29, 0.717) is 12.1 Å². The summed E-state index contributed by atoms with van der Waals surface area (Å²) in [7, 11) is 0. The zero-order valence-corrected chi connectivity index (χ0v) is 9.81. The van der Waals surface area contributed by atoms with Crippen molar-refractivity contribution in [3.8, 4) is 0 Å². The molecule has 94 valence electrons. The van der Waals surface area contributed by atoms with Crippen LogP contribution in [0.4, 0.5) is 8.78 Å². The van der Waals surface area contributed by atoms with Crippen molar-refractivity contribution >= 4 is 0 Å². The fourth-order valence-electron chi connectivity index (χ4n) is 2.30. The summed E-state index contributed by atoms with van der Waals surface area (Å²) in [5.74, 6) is -1.15. The van der Waals surface area contributed by atoms with Crippen LogP contribution in [0.1, 0.15) is 12.5 Å². The molecule has 0 radical (unpaired) electrons. The molecule has 0 spiro atoms. The number of epoxide rings is 1. The summed E-state index contributed by atoms with van der Waals surface area (Å²) in [5.41, 5.74) is -0.316. The van der Waals surface area contributed by atoms with Crippen LogP contribution in [-0.4, -0.2) is 15.7 Å². The monoisotopic (exact) mass is 250 g/mol. The van der Waals surface area contributed by atoms with Gasteiger partial charge in [0.15, 0.2) is 0 Å². The van der Waals surface area contributed by atoms with Crippen molar-refractivity contribution in [3.05, 3.63) is 54.1 Å². The molecule has 1 aliphatic heterocycles. The number of ether oxygens (including phenoxy) is 1. The van der Waals surface area contributed by atoms with Crippen LogP contribution in [-0.2, 0) is 16.9 Å². The predicted octanol–water partition coefficient (Wildman–Crippen LogP) is 2.48. The van der Waals surface area contributed by atoms with Crippen LogP contribution in [0.2, 0.25) is 0 Å². The zero-order chi connectivity index (χ0) is 12.8. The Bertz CT molecular complexity index is 570. The van der Waals surface area contributed by atoms with Crippen molar-refractivity contribution < 1.29 is 13.5 Å². The number of rotatable bonds is 3. The van der Waals surface area contributed by atoms with Crippen LogP contribution in [0.15, 0.2) is 36.9 Å². The Hall–Kier alpha value is -1.75. The van der Waals surface area contributed by atoms with E-state index in [0.717, 1.165) is 6.07 Å². The van der Waals surface area contributed by atoms with Gasteiger partial charge in [-0.3, -0.25) is 0 Å². The van der Waals surface area contributed by atoms with Gasteiger partial charge in [0.1, 0.15) is 17.2 Å². The number of hydrogen-bond acceptors (Lipinski definition) is 2. The molecule has 1 saturated heterocycles. The molecule has 3 nitrogen and oxygen atoms in total. The minimum absolute atomic E-state index is 0.0974. The Morgan fingerprint density at radius 3 is 2.78 bits per heavy atom. The van der Waals surface area contributed by atoms with Crippen LogP contribution >= 0.6 is 0 Å². The summed E-state index contributed by atoms with van der Waals surface area (Å²) < 4.78 is 34.2. The molecule has 18 heavy (non-hydrogen) atoms. The topological polar surface area (TPSA) is 30.4 Å². The fourth-order valence-corrected chi connectivity index (χ4v) is 2.30. The van der Waals surface area contributed by atoms with Crippen LogP contribution in [0, 0.1) is 11.6 Å². The largest absolute Gasteiger partial charge is 0.359 e. The molecule has 1 aromatic carbocycles. The van der Waals surface area contributed by atoms with Crippen molar-refractivity contribution in [2.45, 2.75) is 25.2 Å². The summed E-state index contributed by atoms with van der Waals surface area (Å²) in [4.78, 5) is 3.94. The normalized spacial score (nSPS) is 26.3. The Morgan fingerprint density at radius 2 is 2.22 bits per heavy atom. The standard InChI is InChI=1S/C13H12F2N2O/c1-9-13(18-9,7-17-5-4-16-8-17)11-3-2-10(14)6-12(11)15/h2-6,8-9H,7H2,1H3/t9-,13+/m0/s1. The van der Waals surface area contributed by atoms with Gasteiger partial charge in [0.25, 0.3) is 0 Å². The lowest BCUT2D eigenvalue weighted by Crippen LogP contribution is -2.21. The van der Waals surface area contributed by atoms with Crippen LogP contribution in [0.3, 0.4) is 0 Å². The van der Waals surface area contributed by atoms with E-state index in [4.69, 9.17) is 4.74 Å². The molecular weight excluding hydrogens is 238 g/mol. The van der Waals surface area contributed by atoms with Gasteiger partial charge in [-0.25, -0.2) is 13.8 Å². The minimum Gasteiger partial charge on any atom is -0.359 e. The molecule has 3 rings (SSSR count). The number of hydrogen-bond donors (Lipinski definition) is 0. The Labute approximate surface area is 103 Å². The van der Waals surface area contributed by atoms with E-state index in [1.54, 1.807) is 18.7 Å². The maximum absolute atomic E-state index is 13.8. The molecule has 0 N–H and O–H groups in total. The van der Waals surface area contributed by atoms with Crippen molar-refractivity contribution in [1.29, 1.82) is 0 Å². The van der Waals surface area contributed by atoms with Crippen molar-refractivity contribution in [2.24, 2.45) is 0 Å². The summed E-state index contributed by atoms with van der Waals surface area (Å²) in [6.45, 7) is 2.34. The second kappa shape index (κ2) is 3.88. The molecule has 5 heteroatoms. The second-order valence-corrected chi connectivity index (χ2v) is 4.51. The molecular formula is C13H12F2N2O. The highest BCUT2D eigenvalue weighted by Crippen LogP contribution is 2.48. The van der Waals surface area contributed by atoms with Crippen LogP contribution in [0.25, 0.3) is 0 Å². The number of imidazole rings is 1. The molecule has 0 amide bonds. The van der Waals surface area contributed by atoms with Gasteiger partial charge in [0.05, 0.1) is 19.0 Å². The van der Waals surface area contributed by atoms with Gasteiger partial charge in [-0.15, -0.1) is 0 Å². The number of nitrogens with zero attached hydrogens (tertiary/aromatic N) is 2. The lowest BCUT2D eigenvalue weighted by atomic mass is 9.95. The first-order valence-electron chi connectivity index (χ1n) is 5.71. The van der Waals surface area contributed by atoms with E-state index < -0.39 is 17.2 Å². The highest BCUT2D eigenvalue weighted by Gasteiger charge is 2.56. The van der Waals surface area contributed by atoms with Crippen molar-refractivity contribution in [1.82, 2.24) is 9.55 Å². The third-order valence-corrected chi connectivity index (χ3v) is 3.35. The summed E-state index contributed by atoms with van der Waals surface area (Å²) in [5, 5.41) is 0. The second-order valence-electron chi connectivity index (χ2n) is 4.51. The maximum Gasteiger partial charge on any atom is 0.140 e. The molecule has 2 heterocycles. The van der Waals surface area contributed by atoms with Crippen molar-refractivity contribution in [3.63, 3.8) is 0 Å². The molecule has 0 unspecified atom stereocenters. The summed E-state index contributed by atoms with van der Waals surface area (Å²) >= 11 is 0. The van der Waals surface area contributed by atoms with Gasteiger partial charge in [-0.05, 0) is 13.0 Å². The van der Waals surface area contributed by atoms with Gasteiger partial charge in [-0.2, -0.15) is 0 Å². The number of aromatic nitrogens is 2. The molecule has 0 aliphatic carbocycles. The van der Waals surface area contributed by atoms with Gasteiger partial charge in [0.2, 0.25) is 0 Å². The summed E-state index contributed by atoms with van der Waals surface area (Å²) in [6.07, 6.45) is 5.00. The lowest BCUT2D eigenvalue weighted by Gasteiger charge is -2.14. The highest BCUT2D eigenvalue weighted by molar-refractivity contribution is 5.31. The molecule has 2 aromatic rings. The number of halogens is 2. The van der Waals surface area contributed by atoms with Gasteiger partial charge in [0, 0.05) is 24.0 Å². The van der Waals surface area contributed by atoms with Gasteiger partial charge < -0.3 is 9.30 Å². The quantitative estimate of drug-likeness (QED) is 0.783. The van der Waals surface area contributed by atoms with Crippen molar-refractivity contribution in [2.75, 3.05) is 0 Å². The molecule has 0 saturated carbocycles. The van der Waals surface area contributed by atoms with Crippen LogP contribution < -0.4 is 0 Å². The van der Waals surface area contributed by atoms with E-state index >= 15 is 0 Å². The van der Waals surface area contributed by atoms with E-state index in [9.17, 15) is 8.78 Å². The first kappa shape index (κ1) is 11.3. The summed E-state index contributed by atoms with van der Waals surface area (Å²) in [6, 6.07) is 3.59. The predicted molar refractivity (Wildman–Crippen MR) is 60.8 cm³/mol. The number of benzene rings is 1. The maximum atomic E-state index is 13.8. The molecule has 1 aromatic heterocycles. The third kappa shape index (κ3) is 1.71. The highest BCUT2D eigenvalue weighted by atomic mass is 19.1. The molecule has 1 fully saturated rings. The lowest BCUT2D eigenvalue weighted by molar-refractivity contribution is 0.265. The van der Waals surface area contributed by atoms with E-state index in [1.807, 2.05) is 11.5 Å². The Kier molecular flexibility index (Phi) is 2.45. The van der Waals surface area contributed by atoms with E-state index in [2.05, 4.69) is 4.98 Å².